The molecule has 1 aliphatic rings. The summed E-state index contributed by atoms with van der Waals surface area (Å²) < 4.78 is 0. The van der Waals surface area contributed by atoms with Gasteiger partial charge in [-0.05, 0) is 37.5 Å². The van der Waals surface area contributed by atoms with Crippen LogP contribution < -0.4 is 0 Å². The molecule has 0 aromatic carbocycles. The lowest BCUT2D eigenvalue weighted by molar-refractivity contribution is -0.122. The molecule has 0 radical (unpaired) electrons. The van der Waals surface area contributed by atoms with E-state index in [-0.39, 0.29) is 11.0 Å². The van der Waals surface area contributed by atoms with Crippen LogP contribution in [0.5, 0.6) is 0 Å². The van der Waals surface area contributed by atoms with Crippen molar-refractivity contribution in [3.8, 4) is 0 Å². The molecule has 0 bridgehead atoms. The summed E-state index contributed by atoms with van der Waals surface area (Å²) in [5.74, 6) is 0. The molecular weight excluding hydrogens is 160 g/mol. The van der Waals surface area contributed by atoms with E-state index >= 15 is 0 Å². The minimum absolute atomic E-state index is 0.222. The van der Waals surface area contributed by atoms with Crippen LogP contribution in [0.4, 0.5) is 0 Å². The van der Waals surface area contributed by atoms with Crippen molar-refractivity contribution < 1.29 is 5.11 Å². The summed E-state index contributed by atoms with van der Waals surface area (Å²) in [6.07, 6.45) is 7.96. The van der Waals surface area contributed by atoms with Gasteiger partial charge in [-0.1, -0.05) is 33.6 Å². The fraction of sp³-hybridized carbons (Fsp3) is 1.00. The lowest BCUT2D eigenvalue weighted by atomic mass is 9.59. The van der Waals surface area contributed by atoms with E-state index in [0.717, 1.165) is 25.7 Å². The quantitative estimate of drug-likeness (QED) is 0.711. The molecule has 0 amide bonds. The first-order valence-electron chi connectivity index (χ1n) is 5.86. The van der Waals surface area contributed by atoms with E-state index in [2.05, 4.69) is 20.8 Å². The number of aliphatic hydroxyl groups is 1. The molecule has 0 aromatic heterocycles. The normalized spacial score (nSPS) is 33.2. The molecule has 1 nitrogen and oxygen atoms in total. The van der Waals surface area contributed by atoms with Gasteiger partial charge < -0.3 is 5.11 Å². The van der Waals surface area contributed by atoms with E-state index in [0.29, 0.717) is 0 Å². The van der Waals surface area contributed by atoms with E-state index in [1.54, 1.807) is 0 Å². The predicted octanol–water partition coefficient (Wildman–Crippen LogP) is 3.51. The number of hydrogen-bond donors (Lipinski definition) is 1. The lowest BCUT2D eigenvalue weighted by Crippen LogP contribution is -2.49. The van der Waals surface area contributed by atoms with Gasteiger partial charge in [0.15, 0.2) is 0 Å². The van der Waals surface area contributed by atoms with Crippen molar-refractivity contribution >= 4 is 0 Å². The SMILES string of the molecule is CCC1(O)CCCCC1(CC)CC. The second-order valence-corrected chi connectivity index (χ2v) is 4.58. The molecule has 13 heavy (non-hydrogen) atoms. The molecule has 0 spiro atoms. The van der Waals surface area contributed by atoms with E-state index in [1.807, 2.05) is 0 Å². The third-order valence-electron chi connectivity index (χ3n) is 4.42. The Morgan fingerprint density at radius 3 is 1.85 bits per heavy atom. The largest absolute Gasteiger partial charge is 0.389 e. The second-order valence-electron chi connectivity index (χ2n) is 4.58. The first kappa shape index (κ1) is 11.0. The van der Waals surface area contributed by atoms with E-state index in [9.17, 15) is 5.11 Å². The Morgan fingerprint density at radius 2 is 1.46 bits per heavy atom. The molecule has 1 heteroatoms. The first-order chi connectivity index (χ1) is 6.14. The summed E-state index contributed by atoms with van der Waals surface area (Å²) in [7, 11) is 0. The fourth-order valence-corrected chi connectivity index (χ4v) is 3.19. The number of hydrogen-bond acceptors (Lipinski definition) is 1. The standard InChI is InChI=1S/C12H24O/c1-4-11(5-2)9-7-8-10-12(11,13)6-3/h13H,4-10H2,1-3H3. The fourth-order valence-electron chi connectivity index (χ4n) is 3.19. The monoisotopic (exact) mass is 184 g/mol. The topological polar surface area (TPSA) is 20.2 Å². The van der Waals surface area contributed by atoms with Gasteiger partial charge in [-0.3, -0.25) is 0 Å². The second kappa shape index (κ2) is 4.00. The van der Waals surface area contributed by atoms with Crippen LogP contribution in [-0.2, 0) is 0 Å². The Balaban J connectivity index is 2.87. The molecule has 1 aliphatic carbocycles. The maximum atomic E-state index is 10.6. The predicted molar refractivity (Wildman–Crippen MR) is 56.7 cm³/mol. The van der Waals surface area contributed by atoms with Gasteiger partial charge in [-0.15, -0.1) is 0 Å². The van der Waals surface area contributed by atoms with Crippen LogP contribution in [0.2, 0.25) is 0 Å². The molecule has 1 unspecified atom stereocenters. The van der Waals surface area contributed by atoms with Gasteiger partial charge >= 0.3 is 0 Å². The molecule has 78 valence electrons. The first-order valence-corrected chi connectivity index (χ1v) is 5.86. The molecule has 0 heterocycles. The van der Waals surface area contributed by atoms with Crippen molar-refractivity contribution in [2.24, 2.45) is 5.41 Å². The molecule has 1 N–H and O–H groups in total. The van der Waals surface area contributed by atoms with Crippen LogP contribution >= 0.6 is 0 Å². The molecule has 0 aromatic rings. The van der Waals surface area contributed by atoms with Crippen LogP contribution in [0.15, 0.2) is 0 Å². The van der Waals surface area contributed by atoms with Crippen molar-refractivity contribution in [1.29, 1.82) is 0 Å². The summed E-state index contributed by atoms with van der Waals surface area (Å²) in [6.45, 7) is 6.59. The third-order valence-corrected chi connectivity index (χ3v) is 4.42. The minimum atomic E-state index is -0.366. The summed E-state index contributed by atoms with van der Waals surface area (Å²) in [5, 5.41) is 10.6. The zero-order chi connectivity index (χ0) is 9.95. The van der Waals surface area contributed by atoms with Crippen LogP contribution in [0.3, 0.4) is 0 Å². The van der Waals surface area contributed by atoms with Crippen LogP contribution in [0.25, 0.3) is 0 Å². The highest BCUT2D eigenvalue weighted by molar-refractivity contribution is 4.99. The maximum absolute atomic E-state index is 10.6. The van der Waals surface area contributed by atoms with Gasteiger partial charge in [0, 0.05) is 0 Å². The lowest BCUT2D eigenvalue weighted by Gasteiger charge is -2.50. The highest BCUT2D eigenvalue weighted by Crippen LogP contribution is 2.50. The van der Waals surface area contributed by atoms with E-state index in [4.69, 9.17) is 0 Å². The van der Waals surface area contributed by atoms with Crippen molar-refractivity contribution in [3.05, 3.63) is 0 Å². The van der Waals surface area contributed by atoms with Gasteiger partial charge in [-0.25, -0.2) is 0 Å². The smallest absolute Gasteiger partial charge is 0.0700 e. The maximum Gasteiger partial charge on any atom is 0.0700 e. The van der Waals surface area contributed by atoms with Gasteiger partial charge in [-0.2, -0.15) is 0 Å². The van der Waals surface area contributed by atoms with E-state index < -0.39 is 0 Å². The molecule has 0 aliphatic heterocycles. The number of rotatable bonds is 3. The Morgan fingerprint density at radius 1 is 0.923 bits per heavy atom. The molecule has 1 rings (SSSR count). The zero-order valence-electron chi connectivity index (χ0n) is 9.40. The minimum Gasteiger partial charge on any atom is -0.389 e. The summed E-state index contributed by atoms with van der Waals surface area (Å²) in [5.41, 5.74) is -0.144. The Hall–Kier alpha value is -0.0400. The molecular formula is C12H24O. The van der Waals surface area contributed by atoms with Crippen LogP contribution in [-0.4, -0.2) is 10.7 Å². The highest BCUT2D eigenvalue weighted by atomic mass is 16.3. The van der Waals surface area contributed by atoms with Gasteiger partial charge in [0.1, 0.15) is 0 Å². The summed E-state index contributed by atoms with van der Waals surface area (Å²) in [6, 6.07) is 0. The molecule has 1 atom stereocenters. The summed E-state index contributed by atoms with van der Waals surface area (Å²) in [4.78, 5) is 0. The van der Waals surface area contributed by atoms with Crippen LogP contribution in [0, 0.1) is 5.41 Å². The molecule has 1 fully saturated rings. The van der Waals surface area contributed by atoms with Crippen molar-refractivity contribution in [2.45, 2.75) is 71.3 Å². The Bertz CT molecular complexity index is 161. The van der Waals surface area contributed by atoms with Crippen molar-refractivity contribution in [3.63, 3.8) is 0 Å². The third kappa shape index (κ3) is 1.63. The van der Waals surface area contributed by atoms with Gasteiger partial charge in [0.25, 0.3) is 0 Å². The average molecular weight is 184 g/mol. The van der Waals surface area contributed by atoms with Gasteiger partial charge in [0.05, 0.1) is 5.60 Å². The van der Waals surface area contributed by atoms with Crippen molar-refractivity contribution in [2.75, 3.05) is 0 Å². The average Bonchev–Trinajstić information content (AvgIpc) is 2.19. The zero-order valence-corrected chi connectivity index (χ0v) is 9.40. The Labute approximate surface area is 82.5 Å². The van der Waals surface area contributed by atoms with Crippen LogP contribution in [0.1, 0.15) is 65.7 Å². The highest BCUT2D eigenvalue weighted by Gasteiger charge is 2.47. The van der Waals surface area contributed by atoms with Crippen molar-refractivity contribution in [1.82, 2.24) is 0 Å². The van der Waals surface area contributed by atoms with Gasteiger partial charge in [0.2, 0.25) is 0 Å². The van der Waals surface area contributed by atoms with E-state index in [1.165, 1.54) is 19.3 Å². The molecule has 0 saturated heterocycles. The summed E-state index contributed by atoms with van der Waals surface area (Å²) >= 11 is 0. The molecule has 1 saturated carbocycles. The Kier molecular flexibility index (Phi) is 3.39.